The normalized spacial score (nSPS) is 20.7. The van der Waals surface area contributed by atoms with Crippen molar-refractivity contribution in [3.8, 4) is 0 Å². The van der Waals surface area contributed by atoms with Gasteiger partial charge in [-0.1, -0.05) is 18.2 Å². The van der Waals surface area contributed by atoms with Crippen molar-refractivity contribution in [2.45, 2.75) is 12.5 Å². The monoisotopic (exact) mass is 233 g/mol. The van der Waals surface area contributed by atoms with E-state index >= 15 is 0 Å². The average molecular weight is 233 g/mol. The van der Waals surface area contributed by atoms with E-state index in [4.69, 9.17) is 4.74 Å². The van der Waals surface area contributed by atoms with Crippen molar-refractivity contribution in [1.29, 1.82) is 0 Å². The summed E-state index contributed by atoms with van der Waals surface area (Å²) in [5.74, 6) is 0. The average Bonchev–Trinajstić information content (AvgIpc) is 2.56. The lowest BCUT2D eigenvalue weighted by molar-refractivity contribution is 0.124. The van der Waals surface area contributed by atoms with Crippen molar-refractivity contribution >= 4 is 21.4 Å². The molecule has 1 aliphatic heterocycles. The number of likely N-dealkylation sites (N-methyl/N-ethyl adjacent to an activating group) is 1. The Labute approximate surface area is 99.2 Å². The van der Waals surface area contributed by atoms with E-state index in [2.05, 4.69) is 29.6 Å². The van der Waals surface area contributed by atoms with E-state index in [1.54, 1.807) is 0 Å². The molecule has 0 bridgehead atoms. The van der Waals surface area contributed by atoms with Crippen LogP contribution in [0, 0.1) is 0 Å². The minimum atomic E-state index is 0.356. The molecule has 1 aromatic carbocycles. The summed E-state index contributed by atoms with van der Waals surface area (Å²) in [6.07, 6.45) is 1.04. The second-order valence-corrected chi connectivity index (χ2v) is 5.19. The zero-order valence-corrected chi connectivity index (χ0v) is 10.1. The number of benzene rings is 1. The number of hydrogen-bond donors (Lipinski definition) is 1. The minimum absolute atomic E-state index is 0.356. The second kappa shape index (κ2) is 4.17. The smallest absolute Gasteiger partial charge is 0.0669 e. The Morgan fingerprint density at radius 1 is 1.38 bits per heavy atom. The molecule has 0 spiro atoms. The van der Waals surface area contributed by atoms with Crippen LogP contribution in [-0.2, 0) is 11.2 Å². The molecule has 1 aliphatic rings. The van der Waals surface area contributed by atoms with Crippen LogP contribution >= 0.6 is 11.3 Å². The zero-order chi connectivity index (χ0) is 11.0. The standard InChI is InChI=1S/C13H15NOS/c1-14-11-8-15-7-6-10-9-4-2-3-5-12(9)16-13(10)11/h2-5,11,14H,6-8H2,1H3. The summed E-state index contributed by atoms with van der Waals surface area (Å²) in [5, 5.41) is 4.76. The summed E-state index contributed by atoms with van der Waals surface area (Å²) in [6, 6.07) is 9.03. The molecule has 2 nitrogen and oxygen atoms in total. The molecule has 2 aromatic rings. The summed E-state index contributed by atoms with van der Waals surface area (Å²) in [5.41, 5.74) is 1.48. The Hall–Kier alpha value is -0.900. The van der Waals surface area contributed by atoms with Gasteiger partial charge in [-0.25, -0.2) is 0 Å². The molecule has 1 unspecified atom stereocenters. The first-order valence-corrected chi connectivity index (χ1v) is 6.47. The highest BCUT2D eigenvalue weighted by molar-refractivity contribution is 7.19. The van der Waals surface area contributed by atoms with Crippen molar-refractivity contribution in [2.24, 2.45) is 0 Å². The van der Waals surface area contributed by atoms with Crippen LogP contribution in [0.3, 0.4) is 0 Å². The van der Waals surface area contributed by atoms with Crippen molar-refractivity contribution in [2.75, 3.05) is 20.3 Å². The molecule has 2 heterocycles. The number of hydrogen-bond acceptors (Lipinski definition) is 3. The summed E-state index contributed by atoms with van der Waals surface area (Å²) in [6.45, 7) is 1.63. The predicted octanol–water partition coefficient (Wildman–Crippen LogP) is 2.73. The molecular formula is C13H15NOS. The lowest BCUT2D eigenvalue weighted by Crippen LogP contribution is -2.19. The first-order valence-electron chi connectivity index (χ1n) is 5.65. The lowest BCUT2D eigenvalue weighted by atomic mass is 10.1. The van der Waals surface area contributed by atoms with E-state index in [0.29, 0.717) is 6.04 Å². The predicted molar refractivity (Wildman–Crippen MR) is 68.1 cm³/mol. The lowest BCUT2D eigenvalue weighted by Gasteiger charge is -2.12. The van der Waals surface area contributed by atoms with E-state index < -0.39 is 0 Å². The third-order valence-electron chi connectivity index (χ3n) is 3.18. The third kappa shape index (κ3) is 1.56. The highest BCUT2D eigenvalue weighted by Gasteiger charge is 2.21. The van der Waals surface area contributed by atoms with Crippen LogP contribution in [0.25, 0.3) is 10.1 Å². The molecule has 84 valence electrons. The molecule has 1 N–H and O–H groups in total. The van der Waals surface area contributed by atoms with Gasteiger partial charge in [0.1, 0.15) is 0 Å². The Balaban J connectivity index is 2.21. The highest BCUT2D eigenvalue weighted by Crippen LogP contribution is 2.36. The molecule has 16 heavy (non-hydrogen) atoms. The van der Waals surface area contributed by atoms with Gasteiger partial charge in [0.25, 0.3) is 0 Å². The fraction of sp³-hybridized carbons (Fsp3) is 0.385. The maximum absolute atomic E-state index is 5.63. The molecule has 0 radical (unpaired) electrons. The summed E-state index contributed by atoms with van der Waals surface area (Å²) in [4.78, 5) is 1.46. The van der Waals surface area contributed by atoms with Gasteiger partial charge in [0.15, 0.2) is 0 Å². The van der Waals surface area contributed by atoms with Crippen LogP contribution in [0.1, 0.15) is 16.5 Å². The van der Waals surface area contributed by atoms with Crippen LogP contribution in [-0.4, -0.2) is 20.3 Å². The van der Waals surface area contributed by atoms with Crippen molar-refractivity contribution in [3.05, 3.63) is 34.7 Å². The number of thiophene rings is 1. The molecule has 0 saturated carbocycles. The van der Waals surface area contributed by atoms with Crippen LogP contribution in [0.5, 0.6) is 0 Å². The molecule has 3 rings (SSSR count). The maximum Gasteiger partial charge on any atom is 0.0669 e. The Bertz CT molecular complexity index is 506. The van der Waals surface area contributed by atoms with Gasteiger partial charge in [-0.2, -0.15) is 0 Å². The maximum atomic E-state index is 5.63. The summed E-state index contributed by atoms with van der Waals surface area (Å²) >= 11 is 1.90. The number of ether oxygens (including phenoxy) is 1. The Morgan fingerprint density at radius 2 is 2.25 bits per heavy atom. The van der Waals surface area contributed by atoms with Crippen LogP contribution in [0.2, 0.25) is 0 Å². The summed E-state index contributed by atoms with van der Waals surface area (Å²) < 4.78 is 7.03. The fourth-order valence-electron chi connectivity index (χ4n) is 2.32. The van der Waals surface area contributed by atoms with Gasteiger partial charge in [0.05, 0.1) is 19.3 Å². The zero-order valence-electron chi connectivity index (χ0n) is 9.32. The molecule has 0 amide bonds. The van der Waals surface area contributed by atoms with E-state index in [9.17, 15) is 0 Å². The second-order valence-electron chi connectivity index (χ2n) is 4.11. The summed E-state index contributed by atoms with van der Waals surface area (Å²) in [7, 11) is 2.01. The molecular weight excluding hydrogens is 218 g/mol. The van der Waals surface area contributed by atoms with E-state index in [1.165, 1.54) is 20.5 Å². The van der Waals surface area contributed by atoms with Crippen LogP contribution in [0.4, 0.5) is 0 Å². The van der Waals surface area contributed by atoms with Gasteiger partial charge in [0, 0.05) is 9.58 Å². The van der Waals surface area contributed by atoms with Gasteiger partial charge in [0.2, 0.25) is 0 Å². The highest BCUT2D eigenvalue weighted by atomic mass is 32.1. The third-order valence-corrected chi connectivity index (χ3v) is 4.50. The molecule has 0 saturated heterocycles. The van der Waals surface area contributed by atoms with E-state index in [0.717, 1.165) is 19.6 Å². The SMILES string of the molecule is CNC1COCCc2c1sc1ccccc21. The quantitative estimate of drug-likeness (QED) is 0.817. The largest absolute Gasteiger partial charge is 0.379 e. The topological polar surface area (TPSA) is 21.3 Å². The van der Waals surface area contributed by atoms with Crippen molar-refractivity contribution in [1.82, 2.24) is 5.32 Å². The Kier molecular flexibility index (Phi) is 2.67. The number of nitrogens with one attached hydrogen (secondary N) is 1. The van der Waals surface area contributed by atoms with Gasteiger partial charge in [-0.15, -0.1) is 11.3 Å². The van der Waals surface area contributed by atoms with Gasteiger partial charge in [-0.05, 0) is 30.5 Å². The first kappa shape index (κ1) is 10.3. The number of rotatable bonds is 1. The first-order chi connectivity index (χ1) is 7.90. The van der Waals surface area contributed by atoms with Gasteiger partial charge < -0.3 is 10.1 Å². The van der Waals surface area contributed by atoms with Crippen molar-refractivity contribution in [3.63, 3.8) is 0 Å². The van der Waals surface area contributed by atoms with Crippen molar-refractivity contribution < 1.29 is 4.74 Å². The molecule has 0 aliphatic carbocycles. The minimum Gasteiger partial charge on any atom is -0.379 e. The fourth-order valence-corrected chi connectivity index (χ4v) is 3.67. The molecule has 1 aromatic heterocycles. The van der Waals surface area contributed by atoms with Gasteiger partial charge >= 0.3 is 0 Å². The van der Waals surface area contributed by atoms with Crippen LogP contribution < -0.4 is 5.32 Å². The van der Waals surface area contributed by atoms with Gasteiger partial charge in [-0.3, -0.25) is 0 Å². The number of fused-ring (bicyclic) bond motifs is 3. The molecule has 1 atom stereocenters. The molecule has 3 heteroatoms. The van der Waals surface area contributed by atoms with E-state index in [-0.39, 0.29) is 0 Å². The Morgan fingerprint density at radius 3 is 3.12 bits per heavy atom. The molecule has 0 fully saturated rings. The van der Waals surface area contributed by atoms with E-state index in [1.807, 2.05) is 18.4 Å². The van der Waals surface area contributed by atoms with Crippen LogP contribution in [0.15, 0.2) is 24.3 Å².